The highest BCUT2D eigenvalue weighted by Gasteiger charge is 2.17. The molecule has 98 valence electrons. The molecule has 0 heterocycles. The number of hydrogen-bond donors (Lipinski definition) is 2. The topological polar surface area (TPSA) is 83.3 Å². The molecule has 0 spiro atoms. The Labute approximate surface area is 106 Å². The summed E-state index contributed by atoms with van der Waals surface area (Å²) in [5.74, 6) is 0.0242. The molecule has 0 aliphatic rings. The quantitative estimate of drug-likeness (QED) is 0.789. The fraction of sp³-hybridized carbons (Fsp3) is 0.417. The molecule has 0 aliphatic heterocycles. The number of carbonyl (C=O) groups is 1. The molecule has 6 nitrogen and oxygen atoms in total. The first kappa shape index (κ1) is 14.0. The Hall–Kier alpha value is -2.11. The number of nitrogens with one attached hydrogen (secondary N) is 1. The van der Waals surface area contributed by atoms with Gasteiger partial charge in [0.05, 0.1) is 5.69 Å². The summed E-state index contributed by atoms with van der Waals surface area (Å²) in [6.45, 7) is 5.30. The second kappa shape index (κ2) is 5.48. The van der Waals surface area contributed by atoms with Gasteiger partial charge in [-0.05, 0) is 32.9 Å². The van der Waals surface area contributed by atoms with Gasteiger partial charge in [0.25, 0.3) is 0 Å². The maximum absolute atomic E-state index is 11.6. The molecule has 0 unspecified atom stereocenters. The largest absolute Gasteiger partial charge is 0.508 e. The number of amides is 1. The third kappa shape index (κ3) is 4.40. The molecule has 1 aromatic rings. The van der Waals surface area contributed by atoms with Crippen LogP contribution >= 0.6 is 0 Å². The number of anilines is 1. The van der Waals surface area contributed by atoms with Gasteiger partial charge in [0.1, 0.15) is 17.0 Å². The van der Waals surface area contributed by atoms with E-state index in [-0.39, 0.29) is 5.75 Å². The average molecular weight is 251 g/mol. The standard InChI is InChI=1S/C12H17N3O3/c1-12(2,3)18-11(17)14-10-7-8(16)5-6-9(10)15-13-4/h5-7,16H,1-4H3,(H,14,17)/b15-13+. The lowest BCUT2D eigenvalue weighted by molar-refractivity contribution is 0.0636. The third-order valence-electron chi connectivity index (χ3n) is 1.82. The molecule has 2 N–H and O–H groups in total. The number of nitrogens with zero attached hydrogens (tertiary/aromatic N) is 2. The van der Waals surface area contributed by atoms with Gasteiger partial charge in [0.2, 0.25) is 0 Å². The van der Waals surface area contributed by atoms with E-state index >= 15 is 0 Å². The van der Waals surface area contributed by atoms with Gasteiger partial charge in [-0.1, -0.05) is 0 Å². The molecule has 18 heavy (non-hydrogen) atoms. The van der Waals surface area contributed by atoms with Crippen molar-refractivity contribution in [2.75, 3.05) is 12.4 Å². The molecule has 0 atom stereocenters. The number of rotatable bonds is 2. The van der Waals surface area contributed by atoms with Crippen molar-refractivity contribution in [2.45, 2.75) is 26.4 Å². The Morgan fingerprint density at radius 3 is 2.61 bits per heavy atom. The van der Waals surface area contributed by atoms with Crippen molar-refractivity contribution in [3.05, 3.63) is 18.2 Å². The Morgan fingerprint density at radius 1 is 1.39 bits per heavy atom. The third-order valence-corrected chi connectivity index (χ3v) is 1.82. The zero-order chi connectivity index (χ0) is 13.8. The highest BCUT2D eigenvalue weighted by Crippen LogP contribution is 2.29. The number of aromatic hydroxyl groups is 1. The van der Waals surface area contributed by atoms with E-state index in [0.717, 1.165) is 0 Å². The monoisotopic (exact) mass is 251 g/mol. The Bertz CT molecular complexity index is 464. The number of benzene rings is 1. The molecule has 1 amide bonds. The number of hydrogen-bond acceptors (Lipinski definition) is 5. The fourth-order valence-electron chi connectivity index (χ4n) is 1.23. The molecule has 0 aliphatic carbocycles. The minimum atomic E-state index is -0.611. The maximum Gasteiger partial charge on any atom is 0.412 e. The average Bonchev–Trinajstić information content (AvgIpc) is 2.19. The zero-order valence-electron chi connectivity index (χ0n) is 10.9. The van der Waals surface area contributed by atoms with E-state index in [1.54, 1.807) is 26.8 Å². The van der Waals surface area contributed by atoms with Crippen molar-refractivity contribution >= 4 is 17.5 Å². The van der Waals surface area contributed by atoms with Crippen molar-refractivity contribution < 1.29 is 14.6 Å². The van der Waals surface area contributed by atoms with Crippen LogP contribution in [-0.4, -0.2) is 23.8 Å². The van der Waals surface area contributed by atoms with Crippen molar-refractivity contribution in [1.29, 1.82) is 0 Å². The number of ether oxygens (including phenoxy) is 1. The maximum atomic E-state index is 11.6. The van der Waals surface area contributed by atoms with Crippen LogP contribution in [-0.2, 0) is 4.74 Å². The molecular formula is C12H17N3O3. The van der Waals surface area contributed by atoms with Gasteiger partial charge in [-0.3, -0.25) is 5.32 Å². The van der Waals surface area contributed by atoms with Gasteiger partial charge in [0, 0.05) is 13.1 Å². The predicted octanol–water partition coefficient (Wildman–Crippen LogP) is 3.45. The van der Waals surface area contributed by atoms with Crippen LogP contribution in [0.2, 0.25) is 0 Å². The van der Waals surface area contributed by atoms with Crippen LogP contribution < -0.4 is 5.32 Å². The lowest BCUT2D eigenvalue weighted by Gasteiger charge is -2.20. The van der Waals surface area contributed by atoms with E-state index in [1.807, 2.05) is 0 Å². The van der Waals surface area contributed by atoms with E-state index in [4.69, 9.17) is 4.74 Å². The minimum absolute atomic E-state index is 0.0242. The van der Waals surface area contributed by atoms with E-state index < -0.39 is 11.7 Å². The summed E-state index contributed by atoms with van der Waals surface area (Å²) in [5, 5.41) is 19.4. The Balaban J connectivity index is 2.89. The number of phenolic OH excluding ortho intramolecular Hbond substituents is 1. The number of azo groups is 1. The van der Waals surface area contributed by atoms with Crippen molar-refractivity contribution in [2.24, 2.45) is 10.2 Å². The highest BCUT2D eigenvalue weighted by molar-refractivity contribution is 5.89. The number of phenols is 1. The molecule has 0 saturated heterocycles. The summed E-state index contributed by atoms with van der Waals surface area (Å²) in [4.78, 5) is 11.6. The fourth-order valence-corrected chi connectivity index (χ4v) is 1.23. The molecule has 1 rings (SSSR count). The van der Waals surface area contributed by atoms with Gasteiger partial charge in [-0.15, -0.1) is 0 Å². The van der Waals surface area contributed by atoms with Crippen molar-refractivity contribution in [3.8, 4) is 5.75 Å². The van der Waals surface area contributed by atoms with Gasteiger partial charge < -0.3 is 9.84 Å². The van der Waals surface area contributed by atoms with Crippen LogP contribution in [0.5, 0.6) is 5.75 Å². The van der Waals surface area contributed by atoms with E-state index in [2.05, 4.69) is 15.5 Å². The summed E-state index contributed by atoms with van der Waals surface area (Å²) in [7, 11) is 1.52. The Morgan fingerprint density at radius 2 is 2.06 bits per heavy atom. The summed E-state index contributed by atoms with van der Waals surface area (Å²) in [5.41, 5.74) is 0.198. The first-order valence-corrected chi connectivity index (χ1v) is 5.44. The SMILES string of the molecule is C/N=N/c1ccc(O)cc1NC(=O)OC(C)(C)C. The van der Waals surface area contributed by atoms with Crippen LogP contribution in [0, 0.1) is 0 Å². The smallest absolute Gasteiger partial charge is 0.412 e. The highest BCUT2D eigenvalue weighted by atomic mass is 16.6. The molecular weight excluding hydrogens is 234 g/mol. The van der Waals surface area contributed by atoms with Crippen LogP contribution in [0.1, 0.15) is 20.8 Å². The molecule has 0 saturated carbocycles. The molecule has 0 radical (unpaired) electrons. The predicted molar refractivity (Wildman–Crippen MR) is 68.4 cm³/mol. The van der Waals surface area contributed by atoms with Gasteiger partial charge in [0.15, 0.2) is 0 Å². The van der Waals surface area contributed by atoms with Crippen LogP contribution in [0.3, 0.4) is 0 Å². The minimum Gasteiger partial charge on any atom is -0.508 e. The van der Waals surface area contributed by atoms with Crippen LogP contribution in [0.25, 0.3) is 0 Å². The first-order chi connectivity index (χ1) is 8.31. The summed E-state index contributed by atoms with van der Waals surface area (Å²) >= 11 is 0. The molecule has 0 fully saturated rings. The lowest BCUT2D eigenvalue weighted by Crippen LogP contribution is -2.27. The zero-order valence-corrected chi connectivity index (χ0v) is 10.9. The molecule has 6 heteroatoms. The van der Waals surface area contributed by atoms with E-state index in [1.165, 1.54) is 19.2 Å². The number of carbonyl (C=O) groups excluding carboxylic acids is 1. The molecule has 0 aromatic heterocycles. The van der Waals surface area contributed by atoms with Crippen LogP contribution in [0.4, 0.5) is 16.2 Å². The van der Waals surface area contributed by atoms with Gasteiger partial charge in [-0.25, -0.2) is 4.79 Å². The van der Waals surface area contributed by atoms with Crippen molar-refractivity contribution in [3.63, 3.8) is 0 Å². The first-order valence-electron chi connectivity index (χ1n) is 5.44. The van der Waals surface area contributed by atoms with E-state index in [9.17, 15) is 9.90 Å². The Kier molecular flexibility index (Phi) is 4.25. The normalized spacial score (nSPS) is 11.6. The second-order valence-corrected chi connectivity index (χ2v) is 4.63. The van der Waals surface area contributed by atoms with Crippen molar-refractivity contribution in [1.82, 2.24) is 0 Å². The summed E-state index contributed by atoms with van der Waals surface area (Å²) in [6.07, 6.45) is -0.611. The summed E-state index contributed by atoms with van der Waals surface area (Å²) in [6, 6.07) is 4.40. The molecule has 1 aromatic carbocycles. The second-order valence-electron chi connectivity index (χ2n) is 4.63. The summed E-state index contributed by atoms with van der Waals surface area (Å²) < 4.78 is 5.11. The lowest BCUT2D eigenvalue weighted by atomic mass is 10.2. The van der Waals surface area contributed by atoms with E-state index in [0.29, 0.717) is 11.4 Å². The molecule has 0 bridgehead atoms. The van der Waals surface area contributed by atoms with Gasteiger partial charge in [-0.2, -0.15) is 10.2 Å². The van der Waals surface area contributed by atoms with Crippen LogP contribution in [0.15, 0.2) is 28.4 Å². The van der Waals surface area contributed by atoms with Gasteiger partial charge >= 0.3 is 6.09 Å².